The van der Waals surface area contributed by atoms with E-state index >= 15 is 0 Å². The highest BCUT2D eigenvalue weighted by molar-refractivity contribution is 5.94. The first kappa shape index (κ1) is 18.0. The van der Waals surface area contributed by atoms with Crippen molar-refractivity contribution in [1.29, 1.82) is 0 Å². The molecule has 0 spiro atoms. The van der Waals surface area contributed by atoms with Gasteiger partial charge < -0.3 is 10.4 Å². The Morgan fingerprint density at radius 1 is 1.30 bits per heavy atom. The van der Waals surface area contributed by atoms with Gasteiger partial charge in [0.25, 0.3) is 5.91 Å². The number of carbonyl (C=O) groups excluding carboxylic acids is 1. The molecule has 1 amide bonds. The maximum atomic E-state index is 12.2. The van der Waals surface area contributed by atoms with Gasteiger partial charge in [-0.3, -0.25) is 9.69 Å². The second-order valence-electron chi connectivity index (χ2n) is 7.16. The van der Waals surface area contributed by atoms with Gasteiger partial charge in [0.05, 0.1) is 6.10 Å². The minimum absolute atomic E-state index is 0.00774. The molecule has 1 aromatic rings. The highest BCUT2D eigenvalue weighted by Crippen LogP contribution is 2.22. The van der Waals surface area contributed by atoms with Gasteiger partial charge in [0.15, 0.2) is 0 Å². The number of hydrogen-bond acceptors (Lipinski definition) is 3. The van der Waals surface area contributed by atoms with Gasteiger partial charge in [-0.15, -0.1) is 0 Å². The second-order valence-corrected chi connectivity index (χ2v) is 7.16. The molecule has 0 radical (unpaired) electrons. The third-order valence-corrected chi connectivity index (χ3v) is 4.58. The number of rotatable bonds is 6. The highest BCUT2D eigenvalue weighted by atomic mass is 16.3. The fraction of sp³-hybridized carbons (Fsp3) is 0.632. The first-order valence-corrected chi connectivity index (χ1v) is 8.73. The lowest BCUT2D eigenvalue weighted by Gasteiger charge is -2.33. The van der Waals surface area contributed by atoms with E-state index in [-0.39, 0.29) is 12.0 Å². The predicted octanol–water partition coefficient (Wildman–Crippen LogP) is 2.67. The molecule has 1 fully saturated rings. The van der Waals surface area contributed by atoms with E-state index in [1.165, 1.54) is 5.56 Å². The number of aliphatic hydroxyl groups excluding tert-OH is 1. The molecular formula is C19H30N2O2. The number of aliphatic hydroxyl groups is 1. The van der Waals surface area contributed by atoms with Crippen LogP contribution >= 0.6 is 0 Å². The van der Waals surface area contributed by atoms with Gasteiger partial charge in [0.2, 0.25) is 0 Å². The number of nitrogens with zero attached hydrogens (tertiary/aromatic N) is 1. The van der Waals surface area contributed by atoms with Crippen LogP contribution in [0.1, 0.15) is 49.5 Å². The van der Waals surface area contributed by atoms with Crippen LogP contribution in [-0.4, -0.2) is 41.7 Å². The van der Waals surface area contributed by atoms with Gasteiger partial charge >= 0.3 is 0 Å². The second kappa shape index (κ2) is 8.46. The molecule has 4 heteroatoms. The van der Waals surface area contributed by atoms with Crippen molar-refractivity contribution in [3.05, 3.63) is 35.4 Å². The Balaban J connectivity index is 1.89. The average Bonchev–Trinajstić information content (AvgIpc) is 2.53. The summed E-state index contributed by atoms with van der Waals surface area (Å²) in [5.41, 5.74) is 1.92. The Bertz CT molecular complexity index is 506. The van der Waals surface area contributed by atoms with Gasteiger partial charge in [0, 0.05) is 18.7 Å². The van der Waals surface area contributed by atoms with Crippen molar-refractivity contribution in [2.45, 2.75) is 46.3 Å². The SMILES string of the molecule is CC(C)CNC(=O)c1cccc(CN2CCC(C(C)O)CC2)c1. The number of likely N-dealkylation sites (tertiary alicyclic amines) is 1. The van der Waals surface area contributed by atoms with Crippen molar-refractivity contribution in [2.24, 2.45) is 11.8 Å². The highest BCUT2D eigenvalue weighted by Gasteiger charge is 2.22. The number of amides is 1. The Morgan fingerprint density at radius 2 is 2.00 bits per heavy atom. The molecule has 0 aliphatic carbocycles. The minimum Gasteiger partial charge on any atom is -0.393 e. The van der Waals surface area contributed by atoms with E-state index in [1.807, 2.05) is 25.1 Å². The quantitative estimate of drug-likeness (QED) is 0.848. The average molecular weight is 318 g/mol. The normalized spacial score (nSPS) is 18.1. The summed E-state index contributed by atoms with van der Waals surface area (Å²) in [7, 11) is 0. The zero-order valence-corrected chi connectivity index (χ0v) is 14.6. The number of benzene rings is 1. The van der Waals surface area contributed by atoms with E-state index in [0.29, 0.717) is 18.4 Å². The lowest BCUT2D eigenvalue weighted by atomic mass is 9.92. The van der Waals surface area contributed by atoms with Gasteiger partial charge in [-0.1, -0.05) is 26.0 Å². The molecule has 0 aromatic heterocycles. The smallest absolute Gasteiger partial charge is 0.251 e. The van der Waals surface area contributed by atoms with Crippen molar-refractivity contribution in [2.75, 3.05) is 19.6 Å². The standard InChI is InChI=1S/C19H30N2O2/c1-14(2)12-20-19(23)18-6-4-5-16(11-18)13-21-9-7-17(8-10-21)15(3)22/h4-6,11,14-15,17,22H,7-10,12-13H2,1-3H3,(H,20,23). The van der Waals surface area contributed by atoms with Crippen molar-refractivity contribution in [3.8, 4) is 0 Å². The Morgan fingerprint density at radius 3 is 2.61 bits per heavy atom. The van der Waals surface area contributed by atoms with Crippen LogP contribution in [0.5, 0.6) is 0 Å². The topological polar surface area (TPSA) is 52.6 Å². The maximum Gasteiger partial charge on any atom is 0.251 e. The van der Waals surface area contributed by atoms with E-state index in [1.54, 1.807) is 0 Å². The number of hydrogen-bond donors (Lipinski definition) is 2. The molecule has 2 rings (SSSR count). The van der Waals surface area contributed by atoms with Crippen molar-refractivity contribution < 1.29 is 9.90 Å². The molecule has 1 heterocycles. The summed E-state index contributed by atoms with van der Waals surface area (Å²) < 4.78 is 0. The van der Waals surface area contributed by atoms with E-state index in [9.17, 15) is 9.90 Å². The van der Waals surface area contributed by atoms with Gasteiger partial charge in [-0.05, 0) is 62.4 Å². The fourth-order valence-electron chi connectivity index (χ4n) is 3.06. The number of carbonyl (C=O) groups is 1. The van der Waals surface area contributed by atoms with Gasteiger partial charge in [-0.2, -0.15) is 0 Å². The van der Waals surface area contributed by atoms with Crippen LogP contribution in [0.4, 0.5) is 0 Å². The molecule has 1 saturated heterocycles. The Hall–Kier alpha value is -1.39. The van der Waals surface area contributed by atoms with Crippen LogP contribution < -0.4 is 5.32 Å². The third-order valence-electron chi connectivity index (χ3n) is 4.58. The van der Waals surface area contributed by atoms with Crippen LogP contribution in [-0.2, 0) is 6.54 Å². The van der Waals surface area contributed by atoms with Crippen LogP contribution in [0.25, 0.3) is 0 Å². The largest absolute Gasteiger partial charge is 0.393 e. The molecule has 2 N–H and O–H groups in total. The summed E-state index contributed by atoms with van der Waals surface area (Å²) in [6, 6.07) is 7.91. The summed E-state index contributed by atoms with van der Waals surface area (Å²) in [5, 5.41) is 12.6. The van der Waals surface area contributed by atoms with E-state index < -0.39 is 0 Å². The maximum absolute atomic E-state index is 12.2. The van der Waals surface area contributed by atoms with Crippen LogP contribution in [0.15, 0.2) is 24.3 Å². The molecule has 4 nitrogen and oxygen atoms in total. The molecule has 1 aromatic carbocycles. The summed E-state index contributed by atoms with van der Waals surface area (Å²) in [4.78, 5) is 14.6. The van der Waals surface area contributed by atoms with E-state index in [0.717, 1.165) is 38.0 Å². The number of piperidine rings is 1. The molecule has 1 aliphatic heterocycles. The summed E-state index contributed by atoms with van der Waals surface area (Å²) >= 11 is 0. The molecule has 23 heavy (non-hydrogen) atoms. The zero-order valence-electron chi connectivity index (χ0n) is 14.6. The first-order chi connectivity index (χ1) is 11.0. The fourth-order valence-corrected chi connectivity index (χ4v) is 3.06. The molecule has 128 valence electrons. The Kier molecular flexibility index (Phi) is 6.60. The summed E-state index contributed by atoms with van der Waals surface area (Å²) in [6.45, 7) is 9.67. The minimum atomic E-state index is -0.204. The van der Waals surface area contributed by atoms with Gasteiger partial charge in [-0.25, -0.2) is 0 Å². The van der Waals surface area contributed by atoms with Crippen molar-refractivity contribution >= 4 is 5.91 Å². The lowest BCUT2D eigenvalue weighted by Crippen LogP contribution is -2.36. The van der Waals surface area contributed by atoms with Gasteiger partial charge in [0.1, 0.15) is 0 Å². The Labute approximate surface area is 139 Å². The molecule has 1 aliphatic rings. The molecule has 0 bridgehead atoms. The molecular weight excluding hydrogens is 288 g/mol. The lowest BCUT2D eigenvalue weighted by molar-refractivity contribution is 0.0695. The van der Waals surface area contributed by atoms with E-state index in [4.69, 9.17) is 0 Å². The summed E-state index contributed by atoms with van der Waals surface area (Å²) in [6.07, 6.45) is 1.89. The predicted molar refractivity (Wildman–Crippen MR) is 93.3 cm³/mol. The third kappa shape index (κ3) is 5.63. The molecule has 1 unspecified atom stereocenters. The van der Waals surface area contributed by atoms with Crippen molar-refractivity contribution in [1.82, 2.24) is 10.2 Å². The van der Waals surface area contributed by atoms with Crippen LogP contribution in [0.2, 0.25) is 0 Å². The zero-order chi connectivity index (χ0) is 16.8. The van der Waals surface area contributed by atoms with Crippen molar-refractivity contribution in [3.63, 3.8) is 0 Å². The summed E-state index contributed by atoms with van der Waals surface area (Å²) in [5.74, 6) is 0.894. The molecule has 0 saturated carbocycles. The monoisotopic (exact) mass is 318 g/mol. The number of nitrogens with one attached hydrogen (secondary N) is 1. The van der Waals surface area contributed by atoms with Crippen LogP contribution in [0, 0.1) is 11.8 Å². The van der Waals surface area contributed by atoms with E-state index in [2.05, 4.69) is 30.1 Å². The molecule has 1 atom stereocenters. The first-order valence-electron chi connectivity index (χ1n) is 8.73. The van der Waals surface area contributed by atoms with Crippen LogP contribution in [0.3, 0.4) is 0 Å².